The molecular weight excluding hydrogens is 424 g/mol. The van der Waals surface area contributed by atoms with E-state index < -0.39 is 10.0 Å². The molecule has 8 heteroatoms. The van der Waals surface area contributed by atoms with E-state index in [0.29, 0.717) is 31.3 Å². The van der Waals surface area contributed by atoms with Crippen LogP contribution in [-0.2, 0) is 21.4 Å². The summed E-state index contributed by atoms with van der Waals surface area (Å²) in [7, 11) is -3.87. The number of hydrogen-bond acceptors (Lipinski definition) is 6. The summed E-state index contributed by atoms with van der Waals surface area (Å²) >= 11 is 0. The highest BCUT2D eigenvalue weighted by molar-refractivity contribution is 7.92. The third-order valence-corrected chi connectivity index (χ3v) is 6.73. The number of sulfonamides is 1. The van der Waals surface area contributed by atoms with Crippen LogP contribution in [0.25, 0.3) is 11.3 Å². The van der Waals surface area contributed by atoms with Gasteiger partial charge in [0.1, 0.15) is 5.82 Å². The quantitative estimate of drug-likeness (QED) is 0.564. The van der Waals surface area contributed by atoms with Crippen LogP contribution >= 0.6 is 0 Å². The van der Waals surface area contributed by atoms with Crippen LogP contribution in [0.2, 0.25) is 0 Å². The van der Waals surface area contributed by atoms with E-state index >= 15 is 0 Å². The molecular formula is C24H28N4O3S. The molecule has 1 aliphatic rings. The Hall–Kier alpha value is -2.97. The van der Waals surface area contributed by atoms with Gasteiger partial charge in [-0.25, -0.2) is 18.1 Å². The SMILES string of the molecule is Cc1cccc(C)c1-c1cc2nc(n1)NS(=O)(=O)c1cccc(c1)COCC(C)(C)CN2. The number of aryl methyl sites for hydroxylation is 2. The molecule has 168 valence electrons. The van der Waals surface area contributed by atoms with E-state index in [9.17, 15) is 8.42 Å². The van der Waals surface area contributed by atoms with E-state index in [-0.39, 0.29) is 16.3 Å². The van der Waals surface area contributed by atoms with Gasteiger partial charge in [0.15, 0.2) is 0 Å². The summed E-state index contributed by atoms with van der Waals surface area (Å²) < 4.78 is 34.6. The number of nitrogens with one attached hydrogen (secondary N) is 2. The Bertz CT molecular complexity index is 1240. The minimum Gasteiger partial charge on any atom is -0.376 e. The highest BCUT2D eigenvalue weighted by Crippen LogP contribution is 2.29. The van der Waals surface area contributed by atoms with Gasteiger partial charge in [-0.15, -0.1) is 0 Å². The first-order chi connectivity index (χ1) is 15.1. The summed E-state index contributed by atoms with van der Waals surface area (Å²) in [5, 5.41) is 3.35. The second-order valence-corrected chi connectivity index (χ2v) is 10.7. The molecule has 2 aromatic carbocycles. The van der Waals surface area contributed by atoms with E-state index in [2.05, 4.69) is 33.9 Å². The molecule has 2 heterocycles. The standard InChI is InChI=1S/C24H28N4O3S/c1-16-7-5-8-17(2)22(16)20-12-21-25-14-24(3,4)15-31-13-18-9-6-10-19(11-18)32(29,30)28-23(26-20)27-21/h5-12H,13-15H2,1-4H3,(H2,25,26,27,28). The molecule has 0 atom stereocenters. The molecule has 4 bridgehead atoms. The lowest BCUT2D eigenvalue weighted by atomic mass is 9.95. The zero-order valence-electron chi connectivity index (χ0n) is 18.8. The van der Waals surface area contributed by atoms with Crippen LogP contribution in [0.15, 0.2) is 53.4 Å². The van der Waals surface area contributed by atoms with Gasteiger partial charge < -0.3 is 10.1 Å². The van der Waals surface area contributed by atoms with Gasteiger partial charge in [-0.3, -0.25) is 0 Å². The molecule has 0 fully saturated rings. The number of fused-ring (bicyclic) bond motifs is 4. The predicted molar refractivity (Wildman–Crippen MR) is 126 cm³/mol. The molecule has 3 aromatic rings. The smallest absolute Gasteiger partial charge is 0.264 e. The Morgan fingerprint density at radius 2 is 1.72 bits per heavy atom. The maximum Gasteiger partial charge on any atom is 0.264 e. The second-order valence-electron chi connectivity index (χ2n) is 8.99. The molecule has 1 aromatic heterocycles. The van der Waals surface area contributed by atoms with Gasteiger partial charge in [0.05, 0.1) is 23.8 Å². The lowest BCUT2D eigenvalue weighted by Gasteiger charge is -2.25. The molecule has 0 saturated carbocycles. The maximum absolute atomic E-state index is 13.1. The van der Waals surface area contributed by atoms with Crippen LogP contribution in [0, 0.1) is 19.3 Å². The molecule has 0 spiro atoms. The average Bonchev–Trinajstić information content (AvgIpc) is 2.71. The number of nitrogens with zero attached hydrogens (tertiary/aromatic N) is 2. The third-order valence-electron chi connectivity index (χ3n) is 5.41. The Morgan fingerprint density at radius 3 is 2.47 bits per heavy atom. The Balaban J connectivity index is 1.85. The maximum atomic E-state index is 13.1. The van der Waals surface area contributed by atoms with E-state index in [4.69, 9.17) is 4.74 Å². The predicted octanol–water partition coefficient (Wildman–Crippen LogP) is 4.53. The fourth-order valence-electron chi connectivity index (χ4n) is 3.74. The summed E-state index contributed by atoms with van der Waals surface area (Å²) in [5.74, 6) is 0.582. The van der Waals surface area contributed by atoms with Crippen molar-refractivity contribution in [1.29, 1.82) is 0 Å². The zero-order valence-corrected chi connectivity index (χ0v) is 19.6. The van der Waals surface area contributed by atoms with Gasteiger partial charge in [0.2, 0.25) is 5.95 Å². The van der Waals surface area contributed by atoms with Crippen LogP contribution in [0.5, 0.6) is 0 Å². The van der Waals surface area contributed by atoms with Crippen molar-refractivity contribution in [2.75, 3.05) is 23.2 Å². The van der Waals surface area contributed by atoms with Gasteiger partial charge in [-0.1, -0.05) is 44.2 Å². The largest absolute Gasteiger partial charge is 0.376 e. The molecule has 32 heavy (non-hydrogen) atoms. The summed E-state index contributed by atoms with van der Waals surface area (Å²) in [4.78, 5) is 9.17. The number of aromatic nitrogens is 2. The zero-order chi connectivity index (χ0) is 22.9. The number of hydrogen-bond donors (Lipinski definition) is 2. The van der Waals surface area contributed by atoms with Crippen molar-refractivity contribution in [3.63, 3.8) is 0 Å². The van der Waals surface area contributed by atoms with Crippen molar-refractivity contribution in [3.8, 4) is 11.3 Å². The fourth-order valence-corrected chi connectivity index (χ4v) is 4.75. The highest BCUT2D eigenvalue weighted by atomic mass is 32.2. The van der Waals surface area contributed by atoms with Gasteiger partial charge in [-0.2, -0.15) is 4.98 Å². The first-order valence-electron chi connectivity index (χ1n) is 10.5. The van der Waals surface area contributed by atoms with Gasteiger partial charge >= 0.3 is 0 Å². The topological polar surface area (TPSA) is 93.2 Å². The molecule has 4 rings (SSSR count). The van der Waals surface area contributed by atoms with Crippen molar-refractivity contribution in [2.45, 2.75) is 39.2 Å². The summed E-state index contributed by atoms with van der Waals surface area (Å²) in [6, 6.07) is 14.6. The summed E-state index contributed by atoms with van der Waals surface area (Å²) in [6.45, 7) is 9.70. The van der Waals surface area contributed by atoms with Crippen molar-refractivity contribution >= 4 is 21.8 Å². The van der Waals surface area contributed by atoms with Gasteiger partial charge in [0, 0.05) is 23.6 Å². The first kappa shape index (κ1) is 22.2. The van der Waals surface area contributed by atoms with Crippen molar-refractivity contribution < 1.29 is 13.2 Å². The van der Waals surface area contributed by atoms with E-state index in [0.717, 1.165) is 22.3 Å². The van der Waals surface area contributed by atoms with Crippen LogP contribution in [0.4, 0.5) is 11.8 Å². The normalized spacial score (nSPS) is 17.5. The number of ether oxygens (including phenoxy) is 1. The summed E-state index contributed by atoms with van der Waals surface area (Å²) in [5.41, 5.74) is 4.36. The second kappa shape index (κ2) is 8.52. The van der Waals surface area contributed by atoms with Crippen LogP contribution in [0.1, 0.15) is 30.5 Å². The molecule has 2 N–H and O–H groups in total. The van der Waals surface area contributed by atoms with E-state index in [1.54, 1.807) is 18.2 Å². The number of anilines is 2. The molecule has 0 unspecified atom stereocenters. The molecule has 1 aliphatic heterocycles. The minimum absolute atomic E-state index is 0.0316. The van der Waals surface area contributed by atoms with Gasteiger partial charge in [-0.05, 0) is 42.7 Å². The van der Waals surface area contributed by atoms with Crippen LogP contribution in [0.3, 0.4) is 0 Å². The average molecular weight is 453 g/mol. The molecule has 0 radical (unpaired) electrons. The van der Waals surface area contributed by atoms with E-state index in [1.165, 1.54) is 0 Å². The van der Waals surface area contributed by atoms with Crippen molar-refractivity contribution in [2.24, 2.45) is 5.41 Å². The van der Waals surface area contributed by atoms with Crippen molar-refractivity contribution in [1.82, 2.24) is 9.97 Å². The Morgan fingerprint density at radius 1 is 1.00 bits per heavy atom. The Kier molecular flexibility index (Phi) is 5.92. The van der Waals surface area contributed by atoms with Crippen molar-refractivity contribution in [3.05, 3.63) is 65.2 Å². The van der Waals surface area contributed by atoms with Crippen LogP contribution < -0.4 is 10.0 Å². The number of benzene rings is 2. The molecule has 0 aliphatic carbocycles. The van der Waals surface area contributed by atoms with E-state index in [1.807, 2.05) is 44.2 Å². The molecule has 0 amide bonds. The first-order valence-corrected chi connectivity index (χ1v) is 12.0. The lowest BCUT2D eigenvalue weighted by Crippen LogP contribution is -2.29. The monoisotopic (exact) mass is 452 g/mol. The Labute approximate surface area is 189 Å². The fraction of sp³-hybridized carbons (Fsp3) is 0.333. The summed E-state index contributed by atoms with van der Waals surface area (Å²) in [6.07, 6.45) is 0. The van der Waals surface area contributed by atoms with Gasteiger partial charge in [0.25, 0.3) is 10.0 Å². The number of rotatable bonds is 1. The lowest BCUT2D eigenvalue weighted by molar-refractivity contribution is 0.0571. The minimum atomic E-state index is -3.87. The molecule has 0 saturated heterocycles. The van der Waals surface area contributed by atoms with Crippen LogP contribution in [-0.4, -0.2) is 31.5 Å². The third kappa shape index (κ3) is 4.92. The molecule has 7 nitrogen and oxygen atoms in total. The highest BCUT2D eigenvalue weighted by Gasteiger charge is 2.22.